The number of oxime groups is 1. The fourth-order valence-electron chi connectivity index (χ4n) is 4.15. The average Bonchev–Trinajstić information content (AvgIpc) is 3.30. The van der Waals surface area contributed by atoms with Crippen LogP contribution in [0, 0.1) is 11.8 Å². The number of hydrogen-bond donors (Lipinski definition) is 1. The highest BCUT2D eigenvalue weighted by atomic mass is 19.1. The number of halogens is 1. The molecule has 2 aromatic rings. The third-order valence-electron chi connectivity index (χ3n) is 6.07. The van der Waals surface area contributed by atoms with Gasteiger partial charge in [-0.3, -0.25) is 14.6 Å². The van der Waals surface area contributed by atoms with Gasteiger partial charge in [0.1, 0.15) is 5.71 Å². The molecule has 3 heterocycles. The van der Waals surface area contributed by atoms with Gasteiger partial charge in [-0.25, -0.2) is 4.39 Å². The second-order valence-corrected chi connectivity index (χ2v) is 8.21. The Hall–Kier alpha value is -2.87. The number of carbonyl (C=O) groups excluding carboxylic acids is 2. The summed E-state index contributed by atoms with van der Waals surface area (Å²) in [6, 6.07) is 9.62. The first kappa shape index (κ1) is 20.4. The molecule has 30 heavy (non-hydrogen) atoms. The van der Waals surface area contributed by atoms with E-state index < -0.39 is 29.9 Å². The number of nitrogens with zero attached hydrogens (tertiary/aromatic N) is 2. The Balaban J connectivity index is 1.61. The minimum atomic E-state index is -2.27. The predicted molar refractivity (Wildman–Crippen MR) is 106 cm³/mol. The molecular formula is C22H23FN2O5. The van der Waals surface area contributed by atoms with Crippen molar-refractivity contribution in [3.05, 3.63) is 42.2 Å². The molecule has 1 fully saturated rings. The lowest BCUT2D eigenvalue weighted by molar-refractivity contribution is -0.210. The Bertz CT molecular complexity index is 1030. The largest absolute Gasteiger partial charge is 0.430 e. The number of esters is 1. The molecule has 4 rings (SSSR count). The summed E-state index contributed by atoms with van der Waals surface area (Å²) in [5.74, 6) is -4.58. The molecule has 0 saturated carbocycles. The van der Waals surface area contributed by atoms with Crippen LogP contribution in [0.1, 0.15) is 38.8 Å². The Morgan fingerprint density at radius 2 is 2.10 bits per heavy atom. The van der Waals surface area contributed by atoms with Gasteiger partial charge < -0.3 is 14.7 Å². The van der Waals surface area contributed by atoms with Crippen molar-refractivity contribution in [1.29, 1.82) is 0 Å². The number of alkyl halides is 1. The van der Waals surface area contributed by atoms with Gasteiger partial charge in [-0.15, -0.1) is 0 Å². The highest BCUT2D eigenvalue weighted by molar-refractivity contribution is 6.12. The second kappa shape index (κ2) is 7.43. The molecule has 1 N–H and O–H groups in total. The van der Waals surface area contributed by atoms with E-state index in [1.54, 1.807) is 6.20 Å². The Morgan fingerprint density at radius 3 is 2.83 bits per heavy atom. The summed E-state index contributed by atoms with van der Waals surface area (Å²) in [4.78, 5) is 35.0. The number of benzene rings is 1. The highest BCUT2D eigenvalue weighted by Gasteiger charge is 2.54. The van der Waals surface area contributed by atoms with Crippen LogP contribution in [0.25, 0.3) is 10.8 Å². The van der Waals surface area contributed by atoms with Crippen LogP contribution in [0.15, 0.2) is 41.7 Å². The van der Waals surface area contributed by atoms with Crippen molar-refractivity contribution in [2.24, 2.45) is 17.0 Å². The number of aromatic nitrogens is 1. The van der Waals surface area contributed by atoms with Crippen LogP contribution >= 0.6 is 0 Å². The summed E-state index contributed by atoms with van der Waals surface area (Å²) < 4.78 is 18.0. The van der Waals surface area contributed by atoms with Crippen molar-refractivity contribution in [1.82, 2.24) is 4.98 Å². The third-order valence-corrected chi connectivity index (χ3v) is 6.07. The van der Waals surface area contributed by atoms with E-state index >= 15 is 0 Å². The minimum Gasteiger partial charge on any atom is -0.430 e. The van der Waals surface area contributed by atoms with E-state index in [0.29, 0.717) is 11.4 Å². The molecule has 0 amide bonds. The van der Waals surface area contributed by atoms with Gasteiger partial charge in [-0.05, 0) is 11.5 Å². The van der Waals surface area contributed by atoms with Crippen LogP contribution in [0.5, 0.6) is 0 Å². The van der Waals surface area contributed by atoms with E-state index in [-0.39, 0.29) is 31.0 Å². The van der Waals surface area contributed by atoms with Gasteiger partial charge in [0.2, 0.25) is 11.4 Å². The number of fused-ring (bicyclic) bond motifs is 1. The fraction of sp³-hybridized carbons (Fsp3) is 0.455. The van der Waals surface area contributed by atoms with Gasteiger partial charge in [-0.1, -0.05) is 43.3 Å². The topological polar surface area (TPSA) is 98.1 Å². The summed E-state index contributed by atoms with van der Waals surface area (Å²) in [6.07, 6.45) is 1.40. The van der Waals surface area contributed by atoms with Gasteiger partial charge in [0.05, 0.1) is 12.1 Å². The third kappa shape index (κ3) is 3.25. The molecule has 2 aliphatic heterocycles. The smallest absolute Gasteiger partial charge is 0.308 e. The molecule has 3 atom stereocenters. The lowest BCUT2D eigenvalue weighted by atomic mass is 9.77. The highest BCUT2D eigenvalue weighted by Crippen LogP contribution is 2.40. The maximum Gasteiger partial charge on any atom is 0.308 e. The van der Waals surface area contributed by atoms with Crippen LogP contribution in [-0.4, -0.2) is 45.6 Å². The molecular weight excluding hydrogens is 391 g/mol. The van der Waals surface area contributed by atoms with E-state index in [9.17, 15) is 19.1 Å². The zero-order valence-corrected chi connectivity index (χ0v) is 16.8. The van der Waals surface area contributed by atoms with E-state index in [1.807, 2.05) is 44.2 Å². The van der Waals surface area contributed by atoms with Crippen molar-refractivity contribution >= 4 is 28.2 Å². The van der Waals surface area contributed by atoms with E-state index in [4.69, 9.17) is 9.57 Å². The molecule has 0 radical (unpaired) electrons. The molecule has 1 saturated heterocycles. The molecule has 8 heteroatoms. The average molecular weight is 414 g/mol. The van der Waals surface area contributed by atoms with E-state index in [2.05, 4.69) is 10.1 Å². The molecule has 0 bridgehead atoms. The van der Waals surface area contributed by atoms with Crippen LogP contribution in [-0.2, 0) is 19.2 Å². The monoisotopic (exact) mass is 414 g/mol. The number of hydrogen-bond acceptors (Lipinski definition) is 7. The molecule has 0 unspecified atom stereocenters. The molecule has 1 aromatic carbocycles. The molecule has 2 aliphatic rings. The molecule has 7 nitrogen and oxygen atoms in total. The summed E-state index contributed by atoms with van der Waals surface area (Å²) in [5, 5.41) is 16.3. The second-order valence-electron chi connectivity index (χ2n) is 8.21. The van der Waals surface area contributed by atoms with Crippen LogP contribution in [0.2, 0.25) is 0 Å². The lowest BCUT2D eigenvalue weighted by Gasteiger charge is -2.31. The van der Waals surface area contributed by atoms with Crippen molar-refractivity contribution in [3.8, 4) is 0 Å². The standard InChI is InChI=1S/C22H23FN2O5/c1-13(2)21(18(26)9-15-10-19(27)29-22(15,28)12-23)11-17(25-30-21)20-16-6-4-3-5-14(16)7-8-24-20/h3-8,13,15,28H,9-12H2,1-2H3/t15-,21+,22+/m0/s1. The number of Topliss-reactive ketones (excluding diaryl/α,β-unsaturated/α-hetero) is 1. The van der Waals surface area contributed by atoms with Crippen LogP contribution in [0.3, 0.4) is 0 Å². The summed E-state index contributed by atoms with van der Waals surface area (Å²) in [7, 11) is 0. The maximum atomic E-state index is 13.3. The van der Waals surface area contributed by atoms with Gasteiger partial charge >= 0.3 is 5.97 Å². The number of aliphatic hydroxyl groups is 1. The normalized spacial score (nSPS) is 28.5. The van der Waals surface area contributed by atoms with Gasteiger partial charge in [0.15, 0.2) is 12.5 Å². The van der Waals surface area contributed by atoms with Crippen molar-refractivity contribution in [2.75, 3.05) is 6.67 Å². The number of pyridine rings is 1. The maximum absolute atomic E-state index is 13.3. The first-order valence-corrected chi connectivity index (χ1v) is 9.92. The summed E-state index contributed by atoms with van der Waals surface area (Å²) in [6.45, 7) is 2.41. The number of ether oxygens (including phenoxy) is 1. The first-order chi connectivity index (χ1) is 14.3. The number of carbonyl (C=O) groups is 2. The number of ketones is 1. The van der Waals surface area contributed by atoms with Crippen molar-refractivity contribution in [3.63, 3.8) is 0 Å². The Morgan fingerprint density at radius 1 is 1.33 bits per heavy atom. The quantitative estimate of drug-likeness (QED) is 0.730. The Labute approximate surface area is 172 Å². The molecule has 1 aromatic heterocycles. The van der Waals surface area contributed by atoms with Crippen LogP contribution < -0.4 is 0 Å². The Kier molecular flexibility index (Phi) is 5.05. The molecule has 0 spiro atoms. The SMILES string of the molecule is CC(C)[C@@]1(C(=O)C[C@H]2CC(=O)O[C@]2(O)CF)CC(c2nccc3ccccc23)=NO1. The van der Waals surface area contributed by atoms with Gasteiger partial charge in [-0.2, -0.15) is 0 Å². The van der Waals surface area contributed by atoms with Crippen molar-refractivity contribution < 1.29 is 28.7 Å². The predicted octanol–water partition coefficient (Wildman–Crippen LogP) is 2.93. The summed E-state index contributed by atoms with van der Waals surface area (Å²) in [5.41, 5.74) is -0.0898. The van der Waals surface area contributed by atoms with E-state index in [1.165, 1.54) is 0 Å². The van der Waals surface area contributed by atoms with Gasteiger partial charge in [0.25, 0.3) is 0 Å². The zero-order valence-electron chi connectivity index (χ0n) is 16.8. The van der Waals surface area contributed by atoms with Gasteiger partial charge in [0, 0.05) is 36.3 Å². The number of cyclic esters (lactones) is 1. The molecule has 0 aliphatic carbocycles. The van der Waals surface area contributed by atoms with Crippen molar-refractivity contribution in [2.45, 2.75) is 44.5 Å². The lowest BCUT2D eigenvalue weighted by Crippen LogP contribution is -2.47. The first-order valence-electron chi connectivity index (χ1n) is 9.92. The fourth-order valence-corrected chi connectivity index (χ4v) is 4.15. The zero-order chi connectivity index (χ0) is 21.5. The molecule has 158 valence electrons. The van der Waals surface area contributed by atoms with Crippen LogP contribution in [0.4, 0.5) is 4.39 Å². The minimum absolute atomic E-state index is 0.195. The number of rotatable bonds is 6. The van der Waals surface area contributed by atoms with E-state index in [0.717, 1.165) is 10.8 Å². The summed E-state index contributed by atoms with van der Waals surface area (Å²) >= 11 is 0.